The van der Waals surface area contributed by atoms with Crippen LogP contribution in [0.4, 0.5) is 5.69 Å². The summed E-state index contributed by atoms with van der Waals surface area (Å²) in [5, 5.41) is 3.65. The number of rotatable bonds is 2. The van der Waals surface area contributed by atoms with Crippen molar-refractivity contribution in [2.45, 2.75) is 18.8 Å². The summed E-state index contributed by atoms with van der Waals surface area (Å²) in [6.07, 6.45) is 0.912. The topological polar surface area (TPSA) is 30.5 Å². The molecule has 0 saturated carbocycles. The number of nitrogens with one attached hydrogen (secondary N) is 1. The minimum Gasteiger partial charge on any atom is -0.464 e. The maximum absolute atomic E-state index is 5.96. The van der Waals surface area contributed by atoms with E-state index >= 15 is 0 Å². The lowest BCUT2D eigenvalue weighted by atomic mass is 9.88. The van der Waals surface area contributed by atoms with E-state index in [9.17, 15) is 0 Å². The molecule has 2 aliphatic heterocycles. The summed E-state index contributed by atoms with van der Waals surface area (Å²) >= 11 is 0. The molecule has 0 bridgehead atoms. The molecule has 2 aromatic carbocycles. The number of hydrogen-bond acceptors (Lipinski definition) is 3. The largest absolute Gasteiger partial charge is 0.464 e. The van der Waals surface area contributed by atoms with E-state index in [2.05, 4.69) is 41.7 Å². The van der Waals surface area contributed by atoms with Crippen molar-refractivity contribution in [3.8, 4) is 5.75 Å². The number of fused-ring (bicyclic) bond motifs is 2. The van der Waals surface area contributed by atoms with Crippen molar-refractivity contribution in [3.63, 3.8) is 0 Å². The zero-order chi connectivity index (χ0) is 13.4. The van der Waals surface area contributed by atoms with Crippen molar-refractivity contribution >= 4 is 5.69 Å². The molecule has 0 unspecified atom stereocenters. The highest BCUT2D eigenvalue weighted by atomic mass is 16.7. The maximum Gasteiger partial charge on any atom is 0.205 e. The van der Waals surface area contributed by atoms with Crippen molar-refractivity contribution in [1.82, 2.24) is 0 Å². The number of hydrogen-bond donors (Lipinski definition) is 1. The second-order valence-corrected chi connectivity index (χ2v) is 5.34. The molecular formula is C17H17NO2. The van der Waals surface area contributed by atoms with Crippen LogP contribution in [0, 0.1) is 5.92 Å². The monoisotopic (exact) mass is 267 g/mol. The molecule has 0 aromatic heterocycles. The third-order valence-corrected chi connectivity index (χ3v) is 4.10. The Morgan fingerprint density at radius 1 is 0.950 bits per heavy atom. The van der Waals surface area contributed by atoms with Crippen LogP contribution in [-0.2, 0) is 4.74 Å². The fourth-order valence-electron chi connectivity index (χ4n) is 3.12. The summed E-state index contributed by atoms with van der Waals surface area (Å²) in [6, 6.07) is 18.8. The fraction of sp³-hybridized carbons (Fsp3) is 0.294. The number of ether oxygens (including phenoxy) is 2. The molecule has 0 aliphatic carbocycles. The van der Waals surface area contributed by atoms with Gasteiger partial charge in [-0.15, -0.1) is 0 Å². The van der Waals surface area contributed by atoms with Gasteiger partial charge < -0.3 is 14.8 Å². The highest BCUT2D eigenvalue weighted by Gasteiger charge is 2.42. The Labute approximate surface area is 118 Å². The van der Waals surface area contributed by atoms with E-state index in [0.29, 0.717) is 5.92 Å². The first-order chi connectivity index (χ1) is 9.92. The molecule has 4 rings (SSSR count). The van der Waals surface area contributed by atoms with E-state index in [4.69, 9.17) is 9.47 Å². The molecule has 0 spiro atoms. The second-order valence-electron chi connectivity index (χ2n) is 5.34. The standard InChI is InChI=1S/C17H17NO2/c1-2-6-12(7-3-1)18-16-13-8-4-5-9-15(13)20-17-14(16)10-11-19-17/h1-9,14,16-18H,10-11H2/t14-,16-,17+/m0/s1. The van der Waals surface area contributed by atoms with E-state index in [0.717, 1.165) is 24.5 Å². The molecule has 20 heavy (non-hydrogen) atoms. The molecule has 1 saturated heterocycles. The first-order valence-corrected chi connectivity index (χ1v) is 7.10. The van der Waals surface area contributed by atoms with E-state index in [1.54, 1.807) is 0 Å². The molecule has 3 heteroatoms. The lowest BCUT2D eigenvalue weighted by Crippen LogP contribution is -2.36. The predicted molar refractivity (Wildman–Crippen MR) is 77.7 cm³/mol. The van der Waals surface area contributed by atoms with E-state index in [-0.39, 0.29) is 12.3 Å². The zero-order valence-corrected chi connectivity index (χ0v) is 11.2. The van der Waals surface area contributed by atoms with Crippen LogP contribution in [0.5, 0.6) is 5.75 Å². The van der Waals surface area contributed by atoms with Crippen LogP contribution in [-0.4, -0.2) is 12.9 Å². The molecule has 1 fully saturated rings. The molecule has 2 heterocycles. The van der Waals surface area contributed by atoms with Gasteiger partial charge in [0.2, 0.25) is 6.29 Å². The third kappa shape index (κ3) is 1.95. The lowest BCUT2D eigenvalue weighted by molar-refractivity contribution is -0.0747. The van der Waals surface area contributed by atoms with Crippen LogP contribution < -0.4 is 10.1 Å². The SMILES string of the molecule is c1ccc(N[C@H]2c3ccccc3O[C@H]3OCC[C@H]32)cc1. The smallest absolute Gasteiger partial charge is 0.205 e. The Morgan fingerprint density at radius 2 is 1.75 bits per heavy atom. The maximum atomic E-state index is 5.96. The van der Waals surface area contributed by atoms with Crippen molar-refractivity contribution in [1.29, 1.82) is 0 Å². The summed E-state index contributed by atoms with van der Waals surface area (Å²) in [5.74, 6) is 1.30. The minimum absolute atomic E-state index is 0.119. The van der Waals surface area contributed by atoms with Crippen LogP contribution in [0.15, 0.2) is 54.6 Å². The third-order valence-electron chi connectivity index (χ3n) is 4.10. The van der Waals surface area contributed by atoms with Gasteiger partial charge in [0.25, 0.3) is 0 Å². The Kier molecular flexibility index (Phi) is 2.85. The fourth-order valence-corrected chi connectivity index (χ4v) is 3.12. The summed E-state index contributed by atoms with van der Waals surface area (Å²) in [7, 11) is 0. The van der Waals surface area contributed by atoms with Crippen LogP contribution in [0.25, 0.3) is 0 Å². The van der Waals surface area contributed by atoms with Gasteiger partial charge in [-0.2, -0.15) is 0 Å². The van der Waals surface area contributed by atoms with Crippen molar-refractivity contribution in [2.24, 2.45) is 5.92 Å². The average molecular weight is 267 g/mol. The highest BCUT2D eigenvalue weighted by Crippen LogP contribution is 2.44. The summed E-state index contributed by atoms with van der Waals surface area (Å²) in [6.45, 7) is 0.774. The van der Waals surface area contributed by atoms with Gasteiger partial charge in [0.1, 0.15) is 5.75 Å². The predicted octanol–water partition coefficient (Wildman–Crippen LogP) is 3.59. The van der Waals surface area contributed by atoms with Crippen LogP contribution in [0.2, 0.25) is 0 Å². The van der Waals surface area contributed by atoms with Gasteiger partial charge in [-0.3, -0.25) is 0 Å². The van der Waals surface area contributed by atoms with E-state index in [1.165, 1.54) is 5.56 Å². The van der Waals surface area contributed by atoms with Gasteiger partial charge in [0, 0.05) is 17.2 Å². The normalized spacial score (nSPS) is 27.3. The average Bonchev–Trinajstić information content (AvgIpc) is 2.96. The van der Waals surface area contributed by atoms with Gasteiger partial charge in [0.05, 0.1) is 12.6 Å². The first kappa shape index (κ1) is 11.8. The molecular weight excluding hydrogens is 250 g/mol. The molecule has 3 nitrogen and oxygen atoms in total. The summed E-state index contributed by atoms with van der Waals surface area (Å²) in [4.78, 5) is 0. The molecule has 2 aromatic rings. The Balaban J connectivity index is 1.71. The Hall–Kier alpha value is -2.00. The molecule has 2 aliphatic rings. The number of para-hydroxylation sites is 2. The zero-order valence-electron chi connectivity index (χ0n) is 11.2. The van der Waals surface area contributed by atoms with Crippen LogP contribution in [0.1, 0.15) is 18.0 Å². The van der Waals surface area contributed by atoms with Gasteiger partial charge in [-0.05, 0) is 24.6 Å². The first-order valence-electron chi connectivity index (χ1n) is 7.10. The summed E-state index contributed by atoms with van der Waals surface area (Å²) in [5.41, 5.74) is 2.36. The number of anilines is 1. The highest BCUT2D eigenvalue weighted by molar-refractivity contribution is 5.49. The molecule has 0 amide bonds. The van der Waals surface area contributed by atoms with Gasteiger partial charge in [-0.25, -0.2) is 0 Å². The number of benzene rings is 2. The second kappa shape index (κ2) is 4.84. The minimum atomic E-state index is -0.119. The quantitative estimate of drug-likeness (QED) is 0.902. The van der Waals surface area contributed by atoms with E-state index < -0.39 is 0 Å². The Bertz CT molecular complexity index is 599. The molecule has 1 N–H and O–H groups in total. The van der Waals surface area contributed by atoms with Gasteiger partial charge >= 0.3 is 0 Å². The van der Waals surface area contributed by atoms with Gasteiger partial charge in [0.15, 0.2) is 0 Å². The van der Waals surface area contributed by atoms with Crippen molar-refractivity contribution in [2.75, 3.05) is 11.9 Å². The lowest BCUT2D eigenvalue weighted by Gasteiger charge is -2.35. The van der Waals surface area contributed by atoms with Crippen molar-refractivity contribution in [3.05, 3.63) is 60.2 Å². The Morgan fingerprint density at radius 3 is 2.65 bits per heavy atom. The molecule has 3 atom stereocenters. The van der Waals surface area contributed by atoms with Crippen LogP contribution >= 0.6 is 0 Å². The van der Waals surface area contributed by atoms with Crippen molar-refractivity contribution < 1.29 is 9.47 Å². The van der Waals surface area contributed by atoms with Crippen LogP contribution in [0.3, 0.4) is 0 Å². The summed E-state index contributed by atoms with van der Waals surface area (Å²) < 4.78 is 11.7. The van der Waals surface area contributed by atoms with E-state index in [1.807, 2.05) is 18.2 Å². The molecule has 0 radical (unpaired) electrons. The van der Waals surface area contributed by atoms with Gasteiger partial charge in [-0.1, -0.05) is 36.4 Å². The molecule has 102 valence electrons.